The van der Waals surface area contributed by atoms with Gasteiger partial charge in [0.2, 0.25) is 0 Å². The van der Waals surface area contributed by atoms with E-state index in [0.717, 1.165) is 18.2 Å². The number of carbonyl (C=O) groups is 1. The highest BCUT2D eigenvalue weighted by atomic mass is 19.1. The third-order valence-corrected chi connectivity index (χ3v) is 2.64. The lowest BCUT2D eigenvalue weighted by atomic mass is 10.1. The number of nitrogens with one attached hydrogen (secondary N) is 1. The molecule has 0 heterocycles. The number of anilines is 2. The summed E-state index contributed by atoms with van der Waals surface area (Å²) in [4.78, 5) is 11.8. The lowest BCUT2D eigenvalue weighted by Crippen LogP contribution is -2.13. The highest BCUT2D eigenvalue weighted by Gasteiger charge is 2.13. The second kappa shape index (κ2) is 5.24. The fourth-order valence-electron chi connectivity index (χ4n) is 1.73. The molecular formula is C14H11F3N2O. The number of carbonyl (C=O) groups excluding carboxylic acids is 1. The Morgan fingerprint density at radius 2 is 1.65 bits per heavy atom. The van der Waals surface area contributed by atoms with Crippen LogP contribution in [0.1, 0.15) is 15.9 Å². The Morgan fingerprint density at radius 3 is 2.20 bits per heavy atom. The zero-order chi connectivity index (χ0) is 14.9. The van der Waals surface area contributed by atoms with Crippen molar-refractivity contribution >= 4 is 17.3 Å². The molecule has 2 rings (SSSR count). The fraction of sp³-hybridized carbons (Fsp3) is 0.0714. The maximum Gasteiger partial charge on any atom is 0.255 e. The third-order valence-electron chi connectivity index (χ3n) is 2.64. The van der Waals surface area contributed by atoms with Crippen LogP contribution in [0.3, 0.4) is 0 Å². The van der Waals surface area contributed by atoms with Gasteiger partial charge in [0, 0.05) is 11.3 Å². The second-order valence-corrected chi connectivity index (χ2v) is 4.32. The number of benzene rings is 2. The van der Waals surface area contributed by atoms with Crippen LogP contribution in [-0.2, 0) is 0 Å². The molecule has 0 bridgehead atoms. The predicted octanol–water partition coefficient (Wildman–Crippen LogP) is 3.25. The summed E-state index contributed by atoms with van der Waals surface area (Å²) in [5.41, 5.74) is 5.03. The number of hydrogen-bond donors (Lipinski definition) is 2. The smallest absolute Gasteiger partial charge is 0.255 e. The Hall–Kier alpha value is -2.50. The highest BCUT2D eigenvalue weighted by Crippen LogP contribution is 2.19. The van der Waals surface area contributed by atoms with Gasteiger partial charge in [-0.15, -0.1) is 0 Å². The Morgan fingerprint density at radius 1 is 1.05 bits per heavy atom. The number of nitrogens with two attached hydrogens (primary N) is 1. The van der Waals surface area contributed by atoms with E-state index >= 15 is 0 Å². The summed E-state index contributed by atoms with van der Waals surface area (Å²) in [7, 11) is 0. The van der Waals surface area contributed by atoms with Crippen LogP contribution in [0.2, 0.25) is 0 Å². The Balaban J connectivity index is 2.28. The van der Waals surface area contributed by atoms with Gasteiger partial charge in [0.25, 0.3) is 5.91 Å². The molecular weight excluding hydrogens is 269 g/mol. The molecule has 0 aliphatic rings. The van der Waals surface area contributed by atoms with Crippen LogP contribution >= 0.6 is 0 Å². The highest BCUT2D eigenvalue weighted by molar-refractivity contribution is 6.04. The largest absolute Gasteiger partial charge is 0.394 e. The molecule has 0 aliphatic carbocycles. The van der Waals surface area contributed by atoms with Crippen molar-refractivity contribution in [1.82, 2.24) is 0 Å². The van der Waals surface area contributed by atoms with Gasteiger partial charge in [-0.1, -0.05) is 0 Å². The maximum absolute atomic E-state index is 13.3. The molecule has 6 heteroatoms. The van der Waals surface area contributed by atoms with Crippen molar-refractivity contribution in [2.24, 2.45) is 0 Å². The molecule has 0 unspecified atom stereocenters. The van der Waals surface area contributed by atoms with Crippen molar-refractivity contribution in [2.75, 3.05) is 11.1 Å². The monoisotopic (exact) mass is 280 g/mol. The van der Waals surface area contributed by atoms with Crippen LogP contribution in [-0.4, -0.2) is 5.91 Å². The van der Waals surface area contributed by atoms with E-state index in [0.29, 0.717) is 5.56 Å². The van der Waals surface area contributed by atoms with Gasteiger partial charge in [0.05, 0.1) is 0 Å². The molecule has 104 valence electrons. The average molecular weight is 280 g/mol. The van der Waals surface area contributed by atoms with Gasteiger partial charge in [0.1, 0.15) is 23.1 Å². The van der Waals surface area contributed by atoms with Crippen LogP contribution in [0.4, 0.5) is 24.5 Å². The van der Waals surface area contributed by atoms with Crippen LogP contribution in [0.15, 0.2) is 30.3 Å². The van der Waals surface area contributed by atoms with E-state index in [9.17, 15) is 18.0 Å². The average Bonchev–Trinajstić information content (AvgIpc) is 2.33. The molecule has 0 aliphatic heterocycles. The van der Waals surface area contributed by atoms with Crippen molar-refractivity contribution < 1.29 is 18.0 Å². The minimum atomic E-state index is -1.02. The third kappa shape index (κ3) is 2.90. The van der Waals surface area contributed by atoms with E-state index in [1.165, 1.54) is 12.1 Å². The summed E-state index contributed by atoms with van der Waals surface area (Å²) in [5.74, 6) is -3.32. The van der Waals surface area contributed by atoms with Gasteiger partial charge in [-0.2, -0.15) is 0 Å². The summed E-state index contributed by atoms with van der Waals surface area (Å²) in [6.07, 6.45) is 0. The molecule has 1 amide bonds. The lowest BCUT2D eigenvalue weighted by molar-refractivity contribution is 0.102. The molecule has 0 aromatic heterocycles. The molecule has 2 aromatic rings. The molecule has 20 heavy (non-hydrogen) atoms. The first-order valence-electron chi connectivity index (χ1n) is 5.70. The topological polar surface area (TPSA) is 55.1 Å². The first-order valence-corrected chi connectivity index (χ1v) is 5.70. The van der Waals surface area contributed by atoms with Gasteiger partial charge >= 0.3 is 0 Å². The van der Waals surface area contributed by atoms with Gasteiger partial charge in [-0.3, -0.25) is 4.79 Å². The Kier molecular flexibility index (Phi) is 3.65. The standard InChI is InChI=1S/C14H11F3N2O/c1-7-2-9(15)6-10(3-7)19-14(20)8-4-11(16)13(18)12(17)5-8/h2-6H,18H2,1H3,(H,19,20). The normalized spacial score (nSPS) is 10.4. The molecule has 0 atom stereocenters. The molecule has 0 spiro atoms. The quantitative estimate of drug-likeness (QED) is 0.830. The van der Waals surface area contributed by atoms with E-state index in [4.69, 9.17) is 5.73 Å². The number of rotatable bonds is 2. The minimum Gasteiger partial charge on any atom is -0.394 e. The summed E-state index contributed by atoms with van der Waals surface area (Å²) >= 11 is 0. The van der Waals surface area contributed by atoms with Crippen molar-refractivity contribution in [2.45, 2.75) is 6.92 Å². The Labute approximate surface area is 113 Å². The van der Waals surface area contributed by atoms with E-state index in [1.54, 1.807) is 6.92 Å². The zero-order valence-electron chi connectivity index (χ0n) is 10.5. The van der Waals surface area contributed by atoms with Crippen molar-refractivity contribution in [3.8, 4) is 0 Å². The van der Waals surface area contributed by atoms with E-state index in [1.807, 2.05) is 0 Å². The molecule has 0 saturated heterocycles. The van der Waals surface area contributed by atoms with Crippen LogP contribution in [0.25, 0.3) is 0 Å². The maximum atomic E-state index is 13.3. The van der Waals surface area contributed by atoms with Gasteiger partial charge in [-0.25, -0.2) is 13.2 Å². The zero-order valence-corrected chi connectivity index (χ0v) is 10.5. The van der Waals surface area contributed by atoms with Crippen LogP contribution in [0.5, 0.6) is 0 Å². The number of nitrogen functional groups attached to an aromatic ring is 1. The van der Waals surface area contributed by atoms with Crippen LogP contribution < -0.4 is 11.1 Å². The summed E-state index contributed by atoms with van der Waals surface area (Å²) in [5, 5.41) is 2.36. The summed E-state index contributed by atoms with van der Waals surface area (Å²) < 4.78 is 39.7. The molecule has 0 saturated carbocycles. The van der Waals surface area contributed by atoms with E-state index in [-0.39, 0.29) is 11.3 Å². The number of aryl methyl sites for hydroxylation is 1. The number of amides is 1. The SMILES string of the molecule is Cc1cc(F)cc(NC(=O)c2cc(F)c(N)c(F)c2)c1. The first-order chi connectivity index (χ1) is 9.36. The predicted molar refractivity (Wildman–Crippen MR) is 69.9 cm³/mol. The lowest BCUT2D eigenvalue weighted by Gasteiger charge is -2.08. The summed E-state index contributed by atoms with van der Waals surface area (Å²) in [6.45, 7) is 1.65. The molecule has 2 aromatic carbocycles. The van der Waals surface area contributed by atoms with Crippen molar-refractivity contribution in [3.05, 3.63) is 58.9 Å². The van der Waals surface area contributed by atoms with Crippen molar-refractivity contribution in [1.29, 1.82) is 0 Å². The van der Waals surface area contributed by atoms with Crippen molar-refractivity contribution in [3.63, 3.8) is 0 Å². The number of hydrogen-bond acceptors (Lipinski definition) is 2. The molecule has 3 nitrogen and oxygen atoms in total. The molecule has 3 N–H and O–H groups in total. The fourth-order valence-corrected chi connectivity index (χ4v) is 1.73. The van der Waals surface area contributed by atoms with E-state index in [2.05, 4.69) is 5.32 Å². The van der Waals surface area contributed by atoms with Gasteiger partial charge in [0.15, 0.2) is 0 Å². The molecule has 0 fully saturated rings. The van der Waals surface area contributed by atoms with Gasteiger partial charge < -0.3 is 11.1 Å². The minimum absolute atomic E-state index is 0.199. The molecule has 0 radical (unpaired) electrons. The second-order valence-electron chi connectivity index (χ2n) is 4.32. The Bertz CT molecular complexity index is 643. The van der Waals surface area contributed by atoms with Crippen LogP contribution in [0, 0.1) is 24.4 Å². The first kappa shape index (κ1) is 13.9. The van der Waals surface area contributed by atoms with Gasteiger partial charge in [-0.05, 0) is 42.8 Å². The number of halogens is 3. The summed E-state index contributed by atoms with van der Waals surface area (Å²) in [6, 6.07) is 5.57. The van der Waals surface area contributed by atoms with E-state index < -0.39 is 29.0 Å².